The summed E-state index contributed by atoms with van der Waals surface area (Å²) in [6.07, 6.45) is 0. The number of hydrogen-bond donors (Lipinski definition) is 0. The number of rotatable bonds is 5. The Bertz CT molecular complexity index is 1510. The van der Waals surface area contributed by atoms with Crippen LogP contribution >= 0.6 is 22.9 Å². The van der Waals surface area contributed by atoms with E-state index in [4.69, 9.17) is 11.6 Å². The van der Waals surface area contributed by atoms with Gasteiger partial charge in [0.05, 0.1) is 27.3 Å². The maximum Gasteiger partial charge on any atom is 0.308 e. The molecule has 176 valence electrons. The summed E-state index contributed by atoms with van der Waals surface area (Å²) in [5.74, 6) is -0.317. The van der Waals surface area contributed by atoms with Gasteiger partial charge in [0.15, 0.2) is 0 Å². The molecule has 2 heterocycles. The first-order chi connectivity index (χ1) is 16.3. The Kier molecular flexibility index (Phi) is 6.20. The Balaban J connectivity index is 1.37. The number of para-hydroxylation sites is 1. The van der Waals surface area contributed by atoms with E-state index >= 15 is 0 Å². The standard InChI is InChI=1S/C24H21ClFN3O3S2/c25-18-7-5-17(6-8-18)16-29-22-10-9-19(15-23(22)33-24(29)30)34(31,32)28-13-11-27(12-14-28)21-4-2-1-3-20(21)26/h1-10,15H,11-14,16H2. The average molecular weight is 518 g/mol. The summed E-state index contributed by atoms with van der Waals surface area (Å²) < 4.78 is 44.4. The van der Waals surface area contributed by atoms with Gasteiger partial charge in [-0.05, 0) is 48.0 Å². The highest BCUT2D eigenvalue weighted by atomic mass is 35.5. The van der Waals surface area contributed by atoms with Crippen molar-refractivity contribution in [1.29, 1.82) is 0 Å². The summed E-state index contributed by atoms with van der Waals surface area (Å²) in [7, 11) is -3.74. The molecule has 0 N–H and O–H groups in total. The minimum Gasteiger partial charge on any atom is -0.367 e. The predicted octanol–water partition coefficient (Wildman–Crippen LogP) is 4.41. The van der Waals surface area contributed by atoms with Crippen LogP contribution in [0.25, 0.3) is 10.2 Å². The zero-order valence-corrected chi connectivity index (χ0v) is 20.4. The Hall–Kier alpha value is -2.72. The van der Waals surface area contributed by atoms with Crippen molar-refractivity contribution < 1.29 is 12.8 Å². The fourth-order valence-electron chi connectivity index (χ4n) is 4.16. The second-order valence-electron chi connectivity index (χ2n) is 8.05. The second kappa shape index (κ2) is 9.14. The van der Waals surface area contributed by atoms with Crippen LogP contribution in [0.3, 0.4) is 0 Å². The van der Waals surface area contributed by atoms with Crippen molar-refractivity contribution in [1.82, 2.24) is 8.87 Å². The maximum absolute atomic E-state index is 14.1. The number of benzene rings is 3. The molecular weight excluding hydrogens is 497 g/mol. The van der Waals surface area contributed by atoms with Gasteiger partial charge in [-0.15, -0.1) is 0 Å². The SMILES string of the molecule is O=c1sc2cc(S(=O)(=O)N3CCN(c4ccccc4F)CC3)ccc2n1Cc1ccc(Cl)cc1. The van der Waals surface area contributed by atoms with Gasteiger partial charge in [0.1, 0.15) is 5.82 Å². The molecule has 0 atom stereocenters. The van der Waals surface area contributed by atoms with E-state index in [0.29, 0.717) is 40.6 Å². The van der Waals surface area contributed by atoms with Crippen molar-refractivity contribution in [3.05, 3.63) is 92.8 Å². The number of piperazine rings is 1. The van der Waals surface area contributed by atoms with Gasteiger partial charge in [-0.1, -0.05) is 47.2 Å². The summed E-state index contributed by atoms with van der Waals surface area (Å²) in [5.41, 5.74) is 2.09. The van der Waals surface area contributed by atoms with Crippen LogP contribution in [0.5, 0.6) is 0 Å². The monoisotopic (exact) mass is 517 g/mol. The molecule has 3 aromatic carbocycles. The topological polar surface area (TPSA) is 62.6 Å². The number of aromatic nitrogens is 1. The molecule has 34 heavy (non-hydrogen) atoms. The largest absolute Gasteiger partial charge is 0.367 e. The molecule has 1 aromatic heterocycles. The zero-order valence-electron chi connectivity index (χ0n) is 18.0. The highest BCUT2D eigenvalue weighted by molar-refractivity contribution is 7.89. The fourth-order valence-corrected chi connectivity index (χ4v) is 6.74. The van der Waals surface area contributed by atoms with Crippen LogP contribution in [0.15, 0.2) is 76.4 Å². The summed E-state index contributed by atoms with van der Waals surface area (Å²) in [4.78, 5) is 14.5. The van der Waals surface area contributed by atoms with Gasteiger partial charge < -0.3 is 4.90 Å². The normalized spacial score (nSPS) is 15.2. The van der Waals surface area contributed by atoms with E-state index in [1.54, 1.807) is 53.1 Å². The van der Waals surface area contributed by atoms with Crippen molar-refractivity contribution in [2.24, 2.45) is 0 Å². The van der Waals surface area contributed by atoms with Gasteiger partial charge >= 0.3 is 4.87 Å². The minimum atomic E-state index is -3.74. The van der Waals surface area contributed by atoms with Crippen LogP contribution < -0.4 is 9.77 Å². The van der Waals surface area contributed by atoms with E-state index in [2.05, 4.69) is 0 Å². The second-order valence-corrected chi connectivity index (χ2v) is 11.4. The first-order valence-corrected chi connectivity index (χ1v) is 13.3. The number of fused-ring (bicyclic) bond motifs is 1. The van der Waals surface area contributed by atoms with Crippen molar-refractivity contribution in [3.63, 3.8) is 0 Å². The maximum atomic E-state index is 14.1. The minimum absolute atomic E-state index is 0.152. The van der Waals surface area contributed by atoms with E-state index < -0.39 is 10.0 Å². The molecule has 0 bridgehead atoms. The molecule has 0 spiro atoms. The van der Waals surface area contributed by atoms with E-state index in [1.807, 2.05) is 17.0 Å². The molecule has 5 rings (SSSR count). The molecule has 4 aromatic rings. The number of anilines is 1. The van der Waals surface area contributed by atoms with E-state index in [-0.39, 0.29) is 28.7 Å². The number of thiazole rings is 1. The molecule has 1 saturated heterocycles. The Morgan fingerprint density at radius 1 is 0.941 bits per heavy atom. The highest BCUT2D eigenvalue weighted by Crippen LogP contribution is 2.27. The number of halogens is 2. The molecular formula is C24H21ClFN3O3S2. The summed E-state index contributed by atoms with van der Waals surface area (Å²) in [5, 5.41) is 0.621. The molecule has 0 aliphatic carbocycles. The third-order valence-corrected chi connectivity index (χ3v) is 9.05. The molecule has 1 fully saturated rings. The molecule has 6 nitrogen and oxygen atoms in total. The van der Waals surface area contributed by atoms with E-state index in [9.17, 15) is 17.6 Å². The lowest BCUT2D eigenvalue weighted by atomic mass is 10.2. The summed E-state index contributed by atoms with van der Waals surface area (Å²) in [6.45, 7) is 1.67. The van der Waals surface area contributed by atoms with Gasteiger partial charge in [-0.25, -0.2) is 12.8 Å². The Labute approximate surface area is 205 Å². The summed E-state index contributed by atoms with van der Waals surface area (Å²) in [6, 6.07) is 18.6. The van der Waals surface area contributed by atoms with Gasteiger partial charge in [-0.3, -0.25) is 9.36 Å². The lowest BCUT2D eigenvalue weighted by Crippen LogP contribution is -2.48. The fraction of sp³-hybridized carbons (Fsp3) is 0.208. The van der Waals surface area contributed by atoms with Crippen LogP contribution in [-0.4, -0.2) is 43.5 Å². The molecule has 0 unspecified atom stereocenters. The molecule has 1 aliphatic rings. The van der Waals surface area contributed by atoms with Crippen LogP contribution in [0.4, 0.5) is 10.1 Å². The third-order valence-electron chi connectivity index (χ3n) is 5.96. The lowest BCUT2D eigenvalue weighted by molar-refractivity contribution is 0.383. The molecule has 0 amide bonds. The van der Waals surface area contributed by atoms with Gasteiger partial charge in [0.25, 0.3) is 0 Å². The molecule has 1 aliphatic heterocycles. The molecule has 0 radical (unpaired) electrons. The van der Waals surface area contributed by atoms with Crippen LogP contribution in [-0.2, 0) is 16.6 Å². The average Bonchev–Trinajstić information content (AvgIpc) is 3.15. The van der Waals surface area contributed by atoms with Crippen LogP contribution in [0.1, 0.15) is 5.56 Å². The van der Waals surface area contributed by atoms with Gasteiger partial charge in [0, 0.05) is 31.2 Å². The van der Waals surface area contributed by atoms with Crippen LogP contribution in [0, 0.1) is 5.82 Å². The first-order valence-electron chi connectivity index (χ1n) is 10.7. The van der Waals surface area contributed by atoms with Crippen molar-refractivity contribution in [2.75, 3.05) is 31.1 Å². The number of nitrogens with zero attached hydrogens (tertiary/aromatic N) is 3. The smallest absolute Gasteiger partial charge is 0.308 e. The summed E-state index contributed by atoms with van der Waals surface area (Å²) >= 11 is 6.97. The third kappa shape index (κ3) is 4.36. The van der Waals surface area contributed by atoms with Gasteiger partial charge in [0.2, 0.25) is 10.0 Å². The number of sulfonamides is 1. The molecule has 10 heteroatoms. The highest BCUT2D eigenvalue weighted by Gasteiger charge is 2.29. The van der Waals surface area contributed by atoms with Gasteiger partial charge in [-0.2, -0.15) is 4.31 Å². The number of hydrogen-bond acceptors (Lipinski definition) is 5. The Morgan fingerprint density at radius 2 is 1.65 bits per heavy atom. The first kappa shape index (κ1) is 23.0. The quantitative estimate of drug-likeness (QED) is 0.393. The predicted molar refractivity (Wildman–Crippen MR) is 134 cm³/mol. The zero-order chi connectivity index (χ0) is 23.9. The van der Waals surface area contributed by atoms with E-state index in [1.165, 1.54) is 10.4 Å². The van der Waals surface area contributed by atoms with Crippen molar-refractivity contribution in [3.8, 4) is 0 Å². The lowest BCUT2D eigenvalue weighted by Gasteiger charge is -2.35. The molecule has 0 saturated carbocycles. The van der Waals surface area contributed by atoms with Crippen molar-refractivity contribution in [2.45, 2.75) is 11.4 Å². The Morgan fingerprint density at radius 3 is 2.35 bits per heavy atom. The van der Waals surface area contributed by atoms with Crippen LogP contribution in [0.2, 0.25) is 5.02 Å². The van der Waals surface area contributed by atoms with Crippen molar-refractivity contribution >= 4 is 48.9 Å². The van der Waals surface area contributed by atoms with E-state index in [0.717, 1.165) is 16.9 Å².